The molecule has 5 heteroatoms. The normalized spacial score (nSPS) is 23.4. The Bertz CT molecular complexity index is 429. The Morgan fingerprint density at radius 2 is 1.90 bits per heavy atom. The quantitative estimate of drug-likeness (QED) is 0.917. The van der Waals surface area contributed by atoms with Crippen LogP contribution in [0.1, 0.15) is 64.3 Å². The van der Waals surface area contributed by atoms with Crippen LogP contribution in [0, 0.1) is 5.41 Å². The largest absolute Gasteiger partial charge is 0.406 e. The smallest absolute Gasteiger partial charge is 0.318 e. The molecule has 1 unspecified atom stereocenters. The molecule has 0 radical (unpaired) electrons. The third-order valence-electron chi connectivity index (χ3n) is 5.07. The molecule has 1 atom stereocenters. The van der Waals surface area contributed by atoms with Gasteiger partial charge in [0.1, 0.15) is 0 Å². The molecule has 2 aliphatic rings. The van der Waals surface area contributed by atoms with E-state index in [-0.39, 0.29) is 6.04 Å². The summed E-state index contributed by atoms with van der Waals surface area (Å²) in [5, 5.41) is 11.7. The van der Waals surface area contributed by atoms with E-state index in [0.717, 1.165) is 19.6 Å². The molecule has 20 heavy (non-hydrogen) atoms. The van der Waals surface area contributed by atoms with Crippen LogP contribution in [0.4, 0.5) is 6.01 Å². The molecule has 3 rings (SSSR count). The molecule has 1 saturated heterocycles. The van der Waals surface area contributed by atoms with E-state index < -0.39 is 0 Å². The Labute approximate surface area is 121 Å². The summed E-state index contributed by atoms with van der Waals surface area (Å²) in [6, 6.07) is 0.838. The summed E-state index contributed by atoms with van der Waals surface area (Å²) in [4.78, 5) is 2.26. The second-order valence-electron chi connectivity index (χ2n) is 6.40. The van der Waals surface area contributed by atoms with Gasteiger partial charge in [-0.3, -0.25) is 0 Å². The maximum Gasteiger partial charge on any atom is 0.318 e. The SMILES string of the molecule is CCNC(C)c1nnc(N2CCC3(CCCC3)CC2)o1. The zero-order valence-corrected chi connectivity index (χ0v) is 12.7. The van der Waals surface area contributed by atoms with Crippen LogP contribution in [0.2, 0.25) is 0 Å². The summed E-state index contributed by atoms with van der Waals surface area (Å²) in [6.45, 7) is 7.18. The average molecular weight is 278 g/mol. The van der Waals surface area contributed by atoms with E-state index in [9.17, 15) is 0 Å². The fraction of sp³-hybridized carbons (Fsp3) is 0.867. The van der Waals surface area contributed by atoms with Crippen LogP contribution in [0.15, 0.2) is 4.42 Å². The van der Waals surface area contributed by atoms with E-state index in [0.29, 0.717) is 17.3 Å². The highest BCUT2D eigenvalue weighted by atomic mass is 16.4. The van der Waals surface area contributed by atoms with Gasteiger partial charge in [-0.2, -0.15) is 0 Å². The van der Waals surface area contributed by atoms with Gasteiger partial charge in [0.05, 0.1) is 6.04 Å². The van der Waals surface area contributed by atoms with Crippen molar-refractivity contribution in [1.82, 2.24) is 15.5 Å². The number of hydrogen-bond acceptors (Lipinski definition) is 5. The topological polar surface area (TPSA) is 54.2 Å². The Hall–Kier alpha value is -1.10. The minimum absolute atomic E-state index is 0.132. The van der Waals surface area contributed by atoms with Crippen LogP contribution in [0.3, 0.4) is 0 Å². The van der Waals surface area contributed by atoms with Crippen molar-refractivity contribution in [1.29, 1.82) is 0 Å². The second-order valence-corrected chi connectivity index (χ2v) is 6.40. The van der Waals surface area contributed by atoms with Gasteiger partial charge in [-0.15, -0.1) is 5.10 Å². The molecule has 0 bridgehead atoms. The zero-order valence-electron chi connectivity index (χ0n) is 12.7. The van der Waals surface area contributed by atoms with Crippen LogP contribution in [-0.2, 0) is 0 Å². The van der Waals surface area contributed by atoms with Crippen LogP contribution < -0.4 is 10.2 Å². The highest BCUT2D eigenvalue weighted by Crippen LogP contribution is 2.46. The third-order valence-corrected chi connectivity index (χ3v) is 5.07. The van der Waals surface area contributed by atoms with Crippen molar-refractivity contribution >= 4 is 6.01 Å². The maximum atomic E-state index is 5.83. The molecule has 1 saturated carbocycles. The van der Waals surface area contributed by atoms with Crippen molar-refractivity contribution in [3.8, 4) is 0 Å². The van der Waals surface area contributed by atoms with Crippen LogP contribution in [0.5, 0.6) is 0 Å². The minimum atomic E-state index is 0.132. The molecule has 0 amide bonds. The monoisotopic (exact) mass is 278 g/mol. The Balaban J connectivity index is 1.60. The summed E-state index contributed by atoms with van der Waals surface area (Å²) in [5.74, 6) is 0.697. The highest BCUT2D eigenvalue weighted by Gasteiger charge is 2.37. The zero-order chi connectivity index (χ0) is 14.0. The van der Waals surface area contributed by atoms with Crippen molar-refractivity contribution in [3.05, 3.63) is 5.89 Å². The molecule has 112 valence electrons. The molecule has 5 nitrogen and oxygen atoms in total. The molecule has 1 aliphatic heterocycles. The van der Waals surface area contributed by atoms with Crippen molar-refractivity contribution in [3.63, 3.8) is 0 Å². The number of piperidine rings is 1. The lowest BCUT2D eigenvalue weighted by atomic mass is 9.77. The maximum absolute atomic E-state index is 5.83. The molecule has 1 aromatic rings. The van der Waals surface area contributed by atoms with Crippen LogP contribution >= 0.6 is 0 Å². The molecule has 1 aromatic heterocycles. The van der Waals surface area contributed by atoms with Gasteiger partial charge >= 0.3 is 6.01 Å². The molecule has 1 aliphatic carbocycles. The fourth-order valence-corrected chi connectivity index (χ4v) is 3.72. The van der Waals surface area contributed by atoms with Gasteiger partial charge < -0.3 is 14.6 Å². The summed E-state index contributed by atoms with van der Waals surface area (Å²) >= 11 is 0. The number of rotatable bonds is 4. The lowest BCUT2D eigenvalue weighted by Crippen LogP contribution is -2.39. The molecule has 1 N–H and O–H groups in total. The van der Waals surface area contributed by atoms with Crippen molar-refractivity contribution in [2.75, 3.05) is 24.5 Å². The predicted molar refractivity (Wildman–Crippen MR) is 78.7 cm³/mol. The minimum Gasteiger partial charge on any atom is -0.406 e. The van der Waals surface area contributed by atoms with Gasteiger partial charge in [0.15, 0.2) is 0 Å². The van der Waals surface area contributed by atoms with E-state index >= 15 is 0 Å². The van der Waals surface area contributed by atoms with Gasteiger partial charge in [-0.1, -0.05) is 24.9 Å². The molecule has 2 heterocycles. The number of aromatic nitrogens is 2. The fourth-order valence-electron chi connectivity index (χ4n) is 3.72. The van der Waals surface area contributed by atoms with Crippen molar-refractivity contribution in [2.45, 2.75) is 58.4 Å². The Morgan fingerprint density at radius 1 is 1.20 bits per heavy atom. The Morgan fingerprint density at radius 3 is 2.55 bits per heavy atom. The van der Waals surface area contributed by atoms with E-state index in [4.69, 9.17) is 4.42 Å². The van der Waals surface area contributed by atoms with E-state index in [1.807, 2.05) is 0 Å². The first-order valence-electron chi connectivity index (χ1n) is 8.04. The number of hydrogen-bond donors (Lipinski definition) is 1. The average Bonchev–Trinajstić information content (AvgIpc) is 3.10. The summed E-state index contributed by atoms with van der Waals surface area (Å²) < 4.78 is 5.83. The van der Waals surface area contributed by atoms with Gasteiger partial charge in [0.25, 0.3) is 0 Å². The standard InChI is InChI=1S/C15H26N4O/c1-3-16-12(2)13-17-18-14(20-13)19-10-8-15(9-11-19)6-4-5-7-15/h12,16H,3-11H2,1-2H3. The van der Waals surface area contributed by atoms with E-state index in [2.05, 4.69) is 34.3 Å². The number of nitrogens with zero attached hydrogens (tertiary/aromatic N) is 3. The highest BCUT2D eigenvalue weighted by molar-refractivity contribution is 5.26. The molecular formula is C15H26N4O. The molecular weight excluding hydrogens is 252 g/mol. The van der Waals surface area contributed by atoms with Crippen molar-refractivity contribution in [2.24, 2.45) is 5.41 Å². The Kier molecular flexibility index (Phi) is 3.96. The van der Waals surface area contributed by atoms with E-state index in [1.165, 1.54) is 38.5 Å². The van der Waals surface area contributed by atoms with Gasteiger partial charge in [0, 0.05) is 13.1 Å². The first kappa shape index (κ1) is 13.9. The summed E-state index contributed by atoms with van der Waals surface area (Å²) in [7, 11) is 0. The van der Waals surface area contributed by atoms with Gasteiger partial charge in [-0.05, 0) is 44.6 Å². The lowest BCUT2D eigenvalue weighted by Gasteiger charge is -2.38. The van der Waals surface area contributed by atoms with Gasteiger partial charge in [-0.25, -0.2) is 0 Å². The molecule has 2 fully saturated rings. The first-order chi connectivity index (χ1) is 9.72. The van der Waals surface area contributed by atoms with Gasteiger partial charge in [0.2, 0.25) is 5.89 Å². The van der Waals surface area contributed by atoms with Crippen LogP contribution in [0.25, 0.3) is 0 Å². The molecule has 1 spiro atoms. The predicted octanol–water partition coefficient (Wildman–Crippen LogP) is 2.90. The number of anilines is 1. The van der Waals surface area contributed by atoms with E-state index in [1.54, 1.807) is 0 Å². The number of nitrogens with one attached hydrogen (secondary N) is 1. The first-order valence-corrected chi connectivity index (χ1v) is 8.04. The summed E-state index contributed by atoms with van der Waals surface area (Å²) in [6.07, 6.45) is 8.26. The summed E-state index contributed by atoms with van der Waals surface area (Å²) in [5.41, 5.74) is 0.635. The second kappa shape index (κ2) is 5.72. The molecule has 0 aromatic carbocycles. The van der Waals surface area contributed by atoms with Crippen LogP contribution in [-0.4, -0.2) is 29.8 Å². The lowest BCUT2D eigenvalue weighted by molar-refractivity contribution is 0.221. The van der Waals surface area contributed by atoms with Crippen molar-refractivity contribution < 1.29 is 4.42 Å². The third kappa shape index (κ3) is 2.68.